The van der Waals surface area contributed by atoms with Crippen molar-refractivity contribution in [1.29, 1.82) is 0 Å². The summed E-state index contributed by atoms with van der Waals surface area (Å²) in [7, 11) is 0. The van der Waals surface area contributed by atoms with E-state index in [1.54, 1.807) is 0 Å². The van der Waals surface area contributed by atoms with Crippen molar-refractivity contribution >= 4 is 10.9 Å². The lowest BCUT2D eigenvalue weighted by Crippen LogP contribution is -1.95. The Morgan fingerprint density at radius 1 is 1.06 bits per heavy atom. The van der Waals surface area contributed by atoms with Crippen LogP contribution in [0.4, 0.5) is 0 Å². The lowest BCUT2D eigenvalue weighted by molar-refractivity contribution is 0.884. The number of aromatic nitrogens is 2. The van der Waals surface area contributed by atoms with Crippen LogP contribution in [0, 0.1) is 0 Å². The molecular weight excluding hydrogens is 208 g/mol. The molecule has 1 aromatic carbocycles. The molecule has 0 saturated carbocycles. The average molecular weight is 222 g/mol. The van der Waals surface area contributed by atoms with Crippen LogP contribution in [0.1, 0.15) is 24.1 Å². The van der Waals surface area contributed by atoms with Gasteiger partial charge in [-0.25, -0.2) is 0 Å². The Bertz CT molecular complexity index is 592. The number of H-pyrrole nitrogens is 1. The van der Waals surface area contributed by atoms with E-state index in [-0.39, 0.29) is 0 Å². The smallest absolute Gasteiger partial charge is 0.0456 e. The van der Waals surface area contributed by atoms with E-state index in [1.165, 1.54) is 22.2 Å². The maximum atomic E-state index is 4.05. The number of para-hydroxylation sites is 1. The van der Waals surface area contributed by atoms with Crippen molar-refractivity contribution in [3.05, 3.63) is 66.1 Å². The Labute approximate surface area is 100 Å². The zero-order valence-electron chi connectivity index (χ0n) is 9.72. The summed E-state index contributed by atoms with van der Waals surface area (Å²) in [5.74, 6) is 0.366. The highest BCUT2D eigenvalue weighted by Gasteiger charge is 2.10. The zero-order chi connectivity index (χ0) is 11.7. The number of nitrogens with one attached hydrogen (secondary N) is 1. The molecule has 2 nitrogen and oxygen atoms in total. The Kier molecular flexibility index (Phi) is 2.41. The van der Waals surface area contributed by atoms with E-state index in [4.69, 9.17) is 0 Å². The van der Waals surface area contributed by atoms with Crippen LogP contribution >= 0.6 is 0 Å². The molecule has 0 amide bonds. The lowest BCUT2D eigenvalue weighted by Gasteiger charge is -2.09. The van der Waals surface area contributed by atoms with Crippen molar-refractivity contribution in [3.8, 4) is 0 Å². The van der Waals surface area contributed by atoms with Gasteiger partial charge < -0.3 is 4.98 Å². The fourth-order valence-corrected chi connectivity index (χ4v) is 2.16. The topological polar surface area (TPSA) is 28.7 Å². The molecule has 0 aliphatic carbocycles. The van der Waals surface area contributed by atoms with Crippen molar-refractivity contribution in [2.24, 2.45) is 0 Å². The summed E-state index contributed by atoms with van der Waals surface area (Å²) >= 11 is 0. The summed E-state index contributed by atoms with van der Waals surface area (Å²) in [6, 6.07) is 14.7. The Morgan fingerprint density at radius 2 is 1.82 bits per heavy atom. The van der Waals surface area contributed by atoms with E-state index in [0.717, 1.165) is 0 Å². The van der Waals surface area contributed by atoms with Crippen molar-refractivity contribution in [1.82, 2.24) is 9.97 Å². The second-order valence-electron chi connectivity index (χ2n) is 4.31. The molecule has 1 N–H and O–H groups in total. The molecule has 3 aromatic rings. The first-order valence-corrected chi connectivity index (χ1v) is 5.82. The molecule has 84 valence electrons. The highest BCUT2D eigenvalue weighted by molar-refractivity contribution is 5.80. The molecule has 0 aliphatic heterocycles. The zero-order valence-corrected chi connectivity index (χ0v) is 9.72. The van der Waals surface area contributed by atoms with Crippen LogP contribution in [0.3, 0.4) is 0 Å². The Hall–Kier alpha value is -2.09. The minimum atomic E-state index is 0.366. The molecule has 0 spiro atoms. The number of hydrogen-bond donors (Lipinski definition) is 1. The molecule has 2 heteroatoms. The number of nitrogens with zero attached hydrogens (tertiary/aromatic N) is 1. The van der Waals surface area contributed by atoms with Gasteiger partial charge in [0.05, 0.1) is 0 Å². The highest BCUT2D eigenvalue weighted by atomic mass is 14.7. The summed E-state index contributed by atoms with van der Waals surface area (Å²) in [5.41, 5.74) is 3.73. The molecule has 17 heavy (non-hydrogen) atoms. The molecule has 0 saturated heterocycles. The summed E-state index contributed by atoms with van der Waals surface area (Å²) in [6.07, 6.45) is 3.68. The average Bonchev–Trinajstić information content (AvgIpc) is 2.82. The molecule has 3 rings (SSSR count). The molecular formula is C15H14N2. The molecule has 0 aliphatic rings. The predicted molar refractivity (Wildman–Crippen MR) is 70.1 cm³/mol. The third kappa shape index (κ3) is 1.82. The van der Waals surface area contributed by atoms with Crippen LogP contribution in [0.15, 0.2) is 54.9 Å². The fourth-order valence-electron chi connectivity index (χ4n) is 2.16. The number of benzene rings is 1. The van der Waals surface area contributed by atoms with Gasteiger partial charge in [-0.2, -0.15) is 0 Å². The first-order chi connectivity index (χ1) is 8.34. The molecule has 1 atom stereocenters. The van der Waals surface area contributed by atoms with E-state index in [0.29, 0.717) is 5.92 Å². The number of hydrogen-bond acceptors (Lipinski definition) is 1. The van der Waals surface area contributed by atoms with Gasteiger partial charge in [0, 0.05) is 29.5 Å². The highest BCUT2D eigenvalue weighted by Crippen LogP contribution is 2.26. The molecule has 1 unspecified atom stereocenters. The third-order valence-electron chi connectivity index (χ3n) is 3.22. The van der Waals surface area contributed by atoms with Crippen molar-refractivity contribution in [2.45, 2.75) is 12.8 Å². The van der Waals surface area contributed by atoms with Crippen molar-refractivity contribution < 1.29 is 0 Å². The largest absolute Gasteiger partial charge is 0.358 e. The van der Waals surface area contributed by atoms with Crippen LogP contribution in [0.2, 0.25) is 0 Å². The molecule has 2 aromatic heterocycles. The van der Waals surface area contributed by atoms with Gasteiger partial charge in [0.25, 0.3) is 0 Å². The van der Waals surface area contributed by atoms with Crippen LogP contribution in [0.5, 0.6) is 0 Å². The van der Waals surface area contributed by atoms with Gasteiger partial charge >= 0.3 is 0 Å². The molecule has 0 bridgehead atoms. The van der Waals surface area contributed by atoms with Gasteiger partial charge in [-0.3, -0.25) is 4.98 Å². The lowest BCUT2D eigenvalue weighted by atomic mass is 9.99. The fraction of sp³-hybridized carbons (Fsp3) is 0.133. The number of aromatic amines is 1. The second-order valence-corrected chi connectivity index (χ2v) is 4.31. The van der Waals surface area contributed by atoms with Gasteiger partial charge in [0.15, 0.2) is 0 Å². The van der Waals surface area contributed by atoms with E-state index < -0.39 is 0 Å². The SMILES string of the molecule is CC(c1ccncc1)c1cc2ccccc2[nH]1. The predicted octanol–water partition coefficient (Wildman–Crippen LogP) is 3.71. The van der Waals surface area contributed by atoms with E-state index >= 15 is 0 Å². The summed E-state index contributed by atoms with van der Waals surface area (Å²) in [4.78, 5) is 7.53. The van der Waals surface area contributed by atoms with Crippen LogP contribution < -0.4 is 0 Å². The molecule has 0 fully saturated rings. The summed E-state index contributed by atoms with van der Waals surface area (Å²) in [5, 5.41) is 1.27. The quantitative estimate of drug-likeness (QED) is 0.703. The van der Waals surface area contributed by atoms with E-state index in [2.05, 4.69) is 59.4 Å². The van der Waals surface area contributed by atoms with Crippen molar-refractivity contribution in [2.75, 3.05) is 0 Å². The number of fused-ring (bicyclic) bond motifs is 1. The maximum Gasteiger partial charge on any atom is 0.0456 e. The number of rotatable bonds is 2. The maximum absolute atomic E-state index is 4.05. The molecule has 0 radical (unpaired) electrons. The Morgan fingerprint density at radius 3 is 2.59 bits per heavy atom. The number of pyridine rings is 1. The van der Waals surface area contributed by atoms with Gasteiger partial charge in [-0.15, -0.1) is 0 Å². The van der Waals surface area contributed by atoms with Gasteiger partial charge in [-0.1, -0.05) is 25.1 Å². The van der Waals surface area contributed by atoms with Gasteiger partial charge in [0.2, 0.25) is 0 Å². The molecule has 2 heterocycles. The minimum Gasteiger partial charge on any atom is -0.358 e. The van der Waals surface area contributed by atoms with Crippen LogP contribution in [0.25, 0.3) is 10.9 Å². The monoisotopic (exact) mass is 222 g/mol. The van der Waals surface area contributed by atoms with Gasteiger partial charge in [-0.05, 0) is 35.2 Å². The van der Waals surface area contributed by atoms with E-state index in [9.17, 15) is 0 Å². The van der Waals surface area contributed by atoms with Gasteiger partial charge in [0.1, 0.15) is 0 Å². The van der Waals surface area contributed by atoms with Crippen LogP contribution in [-0.4, -0.2) is 9.97 Å². The minimum absolute atomic E-state index is 0.366. The standard InChI is InChI=1S/C15H14N2/c1-11(12-6-8-16-9-7-12)15-10-13-4-2-3-5-14(13)17-15/h2-11,17H,1H3. The second kappa shape index (κ2) is 4.06. The summed E-state index contributed by atoms with van der Waals surface area (Å²) in [6.45, 7) is 2.21. The summed E-state index contributed by atoms with van der Waals surface area (Å²) < 4.78 is 0. The first kappa shape index (κ1) is 10.1. The van der Waals surface area contributed by atoms with Crippen molar-refractivity contribution in [3.63, 3.8) is 0 Å². The van der Waals surface area contributed by atoms with Crippen LogP contribution in [-0.2, 0) is 0 Å². The third-order valence-corrected chi connectivity index (χ3v) is 3.22. The first-order valence-electron chi connectivity index (χ1n) is 5.82. The van der Waals surface area contributed by atoms with E-state index in [1.807, 2.05) is 12.4 Å². The Balaban J connectivity index is 2.04. The normalized spacial score (nSPS) is 12.8.